The molecule has 3 aromatic rings. The number of benzene rings is 3. The average molecular weight is 590 g/mol. The quantitative estimate of drug-likeness (QED) is 0.132. The highest BCUT2D eigenvalue weighted by Gasteiger charge is 2.21. The number of unbranched alkanes of at least 4 members (excludes halogenated alkanes) is 1. The highest BCUT2D eigenvalue weighted by molar-refractivity contribution is 5.76. The lowest BCUT2D eigenvalue weighted by atomic mass is 10.0. The van der Waals surface area contributed by atoms with Gasteiger partial charge in [-0.3, -0.25) is 9.59 Å². The molecule has 1 saturated carbocycles. The molecule has 0 spiro atoms. The molecule has 3 aromatic carbocycles. The van der Waals surface area contributed by atoms with Crippen molar-refractivity contribution in [1.29, 1.82) is 0 Å². The third-order valence-electron chi connectivity index (χ3n) is 7.48. The number of amides is 1. The molecule has 0 aromatic heterocycles. The van der Waals surface area contributed by atoms with Crippen LogP contribution in [-0.2, 0) is 27.4 Å². The number of esters is 1. The van der Waals surface area contributed by atoms with E-state index in [0.717, 1.165) is 35.1 Å². The molecule has 0 atom stereocenters. The van der Waals surface area contributed by atoms with Gasteiger partial charge in [-0.2, -0.15) is 0 Å². The highest BCUT2D eigenvalue weighted by atomic mass is 16.5. The smallest absolute Gasteiger partial charge is 0.305 e. The van der Waals surface area contributed by atoms with Gasteiger partial charge in [-0.15, -0.1) is 0 Å². The first-order valence-electron chi connectivity index (χ1n) is 15.4. The Morgan fingerprint density at radius 1 is 0.744 bits per heavy atom. The van der Waals surface area contributed by atoms with Gasteiger partial charge in [0, 0.05) is 31.5 Å². The highest BCUT2D eigenvalue weighted by Crippen LogP contribution is 2.36. The summed E-state index contributed by atoms with van der Waals surface area (Å²) < 4.78 is 21.9. The first-order chi connectivity index (χ1) is 21.0. The second kappa shape index (κ2) is 18.5. The molecule has 232 valence electrons. The molecule has 1 aliphatic carbocycles. The van der Waals surface area contributed by atoms with Gasteiger partial charge in [0.15, 0.2) is 0 Å². The Hall–Kier alpha value is -4.00. The number of carbonyl (C=O) groups excluding carboxylic acids is 2. The molecule has 0 unspecified atom stereocenters. The molecule has 0 radical (unpaired) electrons. The minimum absolute atomic E-state index is 0.0798. The molecule has 0 saturated heterocycles. The zero-order valence-electron chi connectivity index (χ0n) is 26.2. The van der Waals surface area contributed by atoms with Crippen LogP contribution in [0, 0.1) is 0 Å². The molecule has 0 aliphatic heterocycles. The van der Waals surface area contributed by atoms with Gasteiger partial charge in [-0.05, 0) is 29.5 Å². The van der Waals surface area contributed by atoms with E-state index in [1.807, 2.05) is 23.1 Å². The summed E-state index contributed by atoms with van der Waals surface area (Å²) in [5.41, 5.74) is 4.10. The maximum absolute atomic E-state index is 13.3. The van der Waals surface area contributed by atoms with Crippen LogP contribution in [0.5, 0.6) is 17.2 Å². The number of rotatable bonds is 15. The fourth-order valence-electron chi connectivity index (χ4n) is 4.52. The lowest BCUT2D eigenvalue weighted by Gasteiger charge is -2.26. The standard InChI is InChI=1S/C32H39NO6.C4H8/c1-5-6-13-31(34)33(22-24-15-17-26(18-16-24)25-11-8-7-9-12-25)23-28-29(36-2)20-27(21-30(28)37-3)39-19-10-14-32(35)38-4;1-2-4-3-1/h7-9,11-12,15-18,20-21H,5-6,10,13-14,19,22-23H2,1-4H3;1-4H2. The predicted molar refractivity (Wildman–Crippen MR) is 170 cm³/mol. The first kappa shape index (κ1) is 33.5. The van der Waals surface area contributed by atoms with Gasteiger partial charge in [0.1, 0.15) is 17.2 Å². The van der Waals surface area contributed by atoms with Crippen LogP contribution in [0.3, 0.4) is 0 Å². The van der Waals surface area contributed by atoms with E-state index in [2.05, 4.69) is 48.1 Å². The molecule has 1 fully saturated rings. The van der Waals surface area contributed by atoms with E-state index < -0.39 is 0 Å². The van der Waals surface area contributed by atoms with Crippen molar-refractivity contribution in [2.45, 2.75) is 77.8 Å². The summed E-state index contributed by atoms with van der Waals surface area (Å²) in [5, 5.41) is 0. The van der Waals surface area contributed by atoms with E-state index in [4.69, 9.17) is 14.2 Å². The van der Waals surface area contributed by atoms with E-state index in [1.165, 1.54) is 32.8 Å². The SMILES string of the molecule is C1CCC1.CCCCC(=O)N(Cc1ccc(-c2ccccc2)cc1)Cc1c(OC)cc(OCCCC(=O)OC)cc1OC. The Morgan fingerprint density at radius 2 is 1.35 bits per heavy atom. The topological polar surface area (TPSA) is 74.3 Å². The molecule has 7 heteroatoms. The lowest BCUT2D eigenvalue weighted by molar-refractivity contribution is -0.140. The summed E-state index contributed by atoms with van der Waals surface area (Å²) in [6.45, 7) is 3.23. The van der Waals surface area contributed by atoms with Crippen LogP contribution in [0.1, 0.15) is 75.8 Å². The summed E-state index contributed by atoms with van der Waals surface area (Å²) in [7, 11) is 4.55. The Kier molecular flexibility index (Phi) is 14.4. The number of ether oxygens (including phenoxy) is 4. The molecule has 0 heterocycles. The van der Waals surface area contributed by atoms with E-state index in [-0.39, 0.29) is 18.3 Å². The van der Waals surface area contributed by atoms with Gasteiger partial charge >= 0.3 is 5.97 Å². The van der Waals surface area contributed by atoms with Crippen LogP contribution in [0.15, 0.2) is 66.7 Å². The fourth-order valence-corrected chi connectivity index (χ4v) is 4.52. The van der Waals surface area contributed by atoms with E-state index in [1.54, 1.807) is 26.4 Å². The molecular formula is C36H47NO6. The minimum atomic E-state index is -0.272. The van der Waals surface area contributed by atoms with Crippen molar-refractivity contribution in [3.63, 3.8) is 0 Å². The van der Waals surface area contributed by atoms with Gasteiger partial charge in [0.05, 0.1) is 40.0 Å². The van der Waals surface area contributed by atoms with Crippen molar-refractivity contribution >= 4 is 11.9 Å². The van der Waals surface area contributed by atoms with Crippen LogP contribution in [0.25, 0.3) is 11.1 Å². The fraction of sp³-hybridized carbons (Fsp3) is 0.444. The van der Waals surface area contributed by atoms with Crippen LogP contribution in [0.4, 0.5) is 0 Å². The maximum atomic E-state index is 13.3. The van der Waals surface area contributed by atoms with E-state index in [9.17, 15) is 9.59 Å². The third kappa shape index (κ3) is 11.0. The molecule has 43 heavy (non-hydrogen) atoms. The summed E-state index contributed by atoms with van der Waals surface area (Å²) in [4.78, 5) is 26.5. The van der Waals surface area contributed by atoms with Gasteiger partial charge in [0.25, 0.3) is 0 Å². The second-order valence-electron chi connectivity index (χ2n) is 10.7. The Labute approximate surface area is 257 Å². The van der Waals surface area contributed by atoms with Crippen LogP contribution >= 0.6 is 0 Å². The summed E-state index contributed by atoms with van der Waals surface area (Å²) >= 11 is 0. The lowest BCUT2D eigenvalue weighted by Crippen LogP contribution is -2.30. The Morgan fingerprint density at radius 3 is 1.88 bits per heavy atom. The predicted octanol–water partition coefficient (Wildman–Crippen LogP) is 7.98. The summed E-state index contributed by atoms with van der Waals surface area (Å²) in [6, 6.07) is 22.1. The number of nitrogens with zero attached hydrogens (tertiary/aromatic N) is 1. The van der Waals surface area contributed by atoms with Gasteiger partial charge in [0.2, 0.25) is 5.91 Å². The van der Waals surface area contributed by atoms with Crippen LogP contribution < -0.4 is 14.2 Å². The van der Waals surface area contributed by atoms with Crippen LogP contribution in [-0.4, -0.2) is 44.7 Å². The Bertz CT molecular complexity index is 1230. The normalized spacial score (nSPS) is 11.8. The number of hydrogen-bond donors (Lipinski definition) is 0. The molecule has 7 nitrogen and oxygen atoms in total. The van der Waals surface area contributed by atoms with Crippen molar-refractivity contribution in [1.82, 2.24) is 4.90 Å². The minimum Gasteiger partial charge on any atom is -0.496 e. The molecule has 4 rings (SSSR count). The van der Waals surface area contributed by atoms with Crippen LogP contribution in [0.2, 0.25) is 0 Å². The summed E-state index contributed by atoms with van der Waals surface area (Å²) in [6.07, 6.45) is 9.06. The van der Waals surface area contributed by atoms with Crippen molar-refractivity contribution < 1.29 is 28.5 Å². The molecule has 0 bridgehead atoms. The first-order valence-corrected chi connectivity index (χ1v) is 15.4. The third-order valence-corrected chi connectivity index (χ3v) is 7.48. The summed E-state index contributed by atoms with van der Waals surface area (Å²) in [5.74, 6) is 1.52. The van der Waals surface area contributed by atoms with Gasteiger partial charge < -0.3 is 23.8 Å². The van der Waals surface area contributed by atoms with Crippen molar-refractivity contribution in [2.24, 2.45) is 0 Å². The number of hydrogen-bond acceptors (Lipinski definition) is 6. The zero-order chi connectivity index (χ0) is 30.9. The van der Waals surface area contributed by atoms with Gasteiger partial charge in [-0.1, -0.05) is 93.6 Å². The largest absolute Gasteiger partial charge is 0.496 e. The number of carbonyl (C=O) groups is 2. The van der Waals surface area contributed by atoms with Crippen molar-refractivity contribution in [3.8, 4) is 28.4 Å². The number of methoxy groups -OCH3 is 3. The molecule has 1 amide bonds. The average Bonchev–Trinajstić information content (AvgIpc) is 3.01. The zero-order valence-corrected chi connectivity index (χ0v) is 26.2. The van der Waals surface area contributed by atoms with E-state index in [0.29, 0.717) is 49.8 Å². The molecular weight excluding hydrogens is 542 g/mol. The maximum Gasteiger partial charge on any atom is 0.305 e. The Balaban J connectivity index is 0.00000116. The second-order valence-corrected chi connectivity index (χ2v) is 10.7. The monoisotopic (exact) mass is 589 g/mol. The van der Waals surface area contributed by atoms with E-state index >= 15 is 0 Å². The molecule has 0 N–H and O–H groups in total. The van der Waals surface area contributed by atoms with Gasteiger partial charge in [-0.25, -0.2) is 0 Å². The van der Waals surface area contributed by atoms with Crippen molar-refractivity contribution in [2.75, 3.05) is 27.9 Å². The molecule has 1 aliphatic rings. The van der Waals surface area contributed by atoms with Crippen molar-refractivity contribution in [3.05, 3.63) is 77.9 Å².